The van der Waals surface area contributed by atoms with E-state index in [4.69, 9.17) is 5.73 Å². The second-order valence-corrected chi connectivity index (χ2v) is 3.53. The molecular formula is C9H20N2. The fraction of sp³-hybridized carbons (Fsp3) is 1.00. The van der Waals surface area contributed by atoms with E-state index < -0.39 is 0 Å². The zero-order valence-corrected chi connectivity index (χ0v) is 7.47. The molecule has 0 aromatic carbocycles. The molecule has 1 aliphatic heterocycles. The van der Waals surface area contributed by atoms with E-state index in [0.29, 0.717) is 6.04 Å². The third-order valence-electron chi connectivity index (χ3n) is 2.71. The molecule has 1 rings (SSSR count). The van der Waals surface area contributed by atoms with Crippen LogP contribution in [0.2, 0.25) is 0 Å². The molecule has 3 N–H and O–H groups in total. The van der Waals surface area contributed by atoms with Crippen LogP contribution in [0.4, 0.5) is 0 Å². The fourth-order valence-corrected chi connectivity index (χ4v) is 1.77. The molecule has 0 amide bonds. The van der Waals surface area contributed by atoms with E-state index in [0.717, 1.165) is 18.9 Å². The highest BCUT2D eigenvalue weighted by molar-refractivity contribution is 4.77. The van der Waals surface area contributed by atoms with Crippen LogP contribution in [-0.2, 0) is 0 Å². The van der Waals surface area contributed by atoms with Crippen molar-refractivity contribution in [1.82, 2.24) is 5.32 Å². The predicted octanol–water partition coefficient (Wildman–Crippen LogP) is 1.11. The van der Waals surface area contributed by atoms with E-state index in [9.17, 15) is 0 Å². The van der Waals surface area contributed by atoms with Gasteiger partial charge in [-0.25, -0.2) is 0 Å². The predicted molar refractivity (Wildman–Crippen MR) is 48.5 cm³/mol. The minimum absolute atomic E-state index is 0.711. The maximum Gasteiger partial charge on any atom is 0.00792 e. The van der Waals surface area contributed by atoms with E-state index >= 15 is 0 Å². The Balaban J connectivity index is 2.14. The lowest BCUT2D eigenvalue weighted by molar-refractivity contribution is 0.296. The van der Waals surface area contributed by atoms with E-state index in [1.54, 1.807) is 0 Å². The van der Waals surface area contributed by atoms with Crippen LogP contribution in [0.3, 0.4) is 0 Å². The first-order chi connectivity index (χ1) is 5.36. The van der Waals surface area contributed by atoms with Crippen molar-refractivity contribution in [2.75, 3.05) is 13.1 Å². The summed E-state index contributed by atoms with van der Waals surface area (Å²) in [4.78, 5) is 0. The molecule has 0 saturated carbocycles. The van der Waals surface area contributed by atoms with Gasteiger partial charge in [-0.05, 0) is 38.3 Å². The summed E-state index contributed by atoms with van der Waals surface area (Å²) in [5.41, 5.74) is 5.49. The van der Waals surface area contributed by atoms with Gasteiger partial charge in [0.25, 0.3) is 0 Å². The maximum atomic E-state index is 5.49. The number of hydrogen-bond acceptors (Lipinski definition) is 2. The molecule has 2 heteroatoms. The molecule has 1 heterocycles. The Labute approximate surface area is 69.5 Å². The smallest absolute Gasteiger partial charge is 0.00792 e. The van der Waals surface area contributed by atoms with Gasteiger partial charge in [-0.3, -0.25) is 0 Å². The second kappa shape index (κ2) is 4.73. The summed E-state index contributed by atoms with van der Waals surface area (Å²) < 4.78 is 0. The van der Waals surface area contributed by atoms with Crippen LogP contribution in [0.1, 0.15) is 32.6 Å². The quantitative estimate of drug-likeness (QED) is 0.642. The molecule has 0 bridgehead atoms. The van der Waals surface area contributed by atoms with Crippen molar-refractivity contribution in [3.63, 3.8) is 0 Å². The van der Waals surface area contributed by atoms with Gasteiger partial charge in [-0.2, -0.15) is 0 Å². The van der Waals surface area contributed by atoms with Gasteiger partial charge in [-0.15, -0.1) is 0 Å². The third-order valence-corrected chi connectivity index (χ3v) is 2.71. The number of rotatable bonds is 3. The Bertz CT molecular complexity index is 95.7. The van der Waals surface area contributed by atoms with Gasteiger partial charge in [0.15, 0.2) is 0 Å². The first kappa shape index (κ1) is 9.01. The van der Waals surface area contributed by atoms with Gasteiger partial charge in [0.2, 0.25) is 0 Å². The monoisotopic (exact) mass is 156 g/mol. The van der Waals surface area contributed by atoms with E-state index in [1.807, 2.05) is 0 Å². The van der Waals surface area contributed by atoms with Crippen molar-refractivity contribution in [2.24, 2.45) is 11.7 Å². The van der Waals surface area contributed by atoms with Gasteiger partial charge >= 0.3 is 0 Å². The Morgan fingerprint density at radius 3 is 2.73 bits per heavy atom. The van der Waals surface area contributed by atoms with Crippen LogP contribution >= 0.6 is 0 Å². The topological polar surface area (TPSA) is 38.0 Å². The average Bonchev–Trinajstić information content (AvgIpc) is 2.07. The molecule has 1 aliphatic rings. The van der Waals surface area contributed by atoms with E-state index in [1.165, 1.54) is 25.8 Å². The molecule has 0 aliphatic carbocycles. The highest BCUT2D eigenvalue weighted by atomic mass is 14.9. The lowest BCUT2D eigenvalue weighted by Crippen LogP contribution is -2.39. The summed E-state index contributed by atoms with van der Waals surface area (Å²) in [6.45, 7) is 4.31. The minimum atomic E-state index is 0.711. The van der Waals surface area contributed by atoms with Crippen molar-refractivity contribution >= 4 is 0 Å². The molecule has 1 saturated heterocycles. The Morgan fingerprint density at radius 2 is 2.27 bits per heavy atom. The summed E-state index contributed by atoms with van der Waals surface area (Å²) in [5, 5.41) is 3.54. The fourth-order valence-electron chi connectivity index (χ4n) is 1.77. The largest absolute Gasteiger partial charge is 0.330 e. The SMILES string of the molecule is CCC1CCC(CCN)NC1. The van der Waals surface area contributed by atoms with Crippen LogP contribution in [0, 0.1) is 5.92 Å². The first-order valence-corrected chi connectivity index (χ1v) is 4.80. The average molecular weight is 156 g/mol. The Morgan fingerprint density at radius 1 is 1.45 bits per heavy atom. The van der Waals surface area contributed by atoms with Crippen molar-refractivity contribution in [3.05, 3.63) is 0 Å². The second-order valence-electron chi connectivity index (χ2n) is 3.53. The number of nitrogens with two attached hydrogens (primary N) is 1. The zero-order chi connectivity index (χ0) is 8.10. The highest BCUT2D eigenvalue weighted by Crippen LogP contribution is 2.17. The number of nitrogens with one attached hydrogen (secondary N) is 1. The Hall–Kier alpha value is -0.0800. The molecule has 0 aromatic heterocycles. The molecule has 2 nitrogen and oxygen atoms in total. The van der Waals surface area contributed by atoms with Crippen molar-refractivity contribution in [2.45, 2.75) is 38.6 Å². The van der Waals surface area contributed by atoms with Crippen LogP contribution in [0.25, 0.3) is 0 Å². The van der Waals surface area contributed by atoms with Crippen molar-refractivity contribution < 1.29 is 0 Å². The normalized spacial score (nSPS) is 32.2. The zero-order valence-electron chi connectivity index (χ0n) is 7.47. The molecule has 0 spiro atoms. The maximum absolute atomic E-state index is 5.49. The summed E-state index contributed by atoms with van der Waals surface area (Å²) in [6.07, 6.45) is 5.20. The summed E-state index contributed by atoms with van der Waals surface area (Å²) in [7, 11) is 0. The van der Waals surface area contributed by atoms with E-state index in [2.05, 4.69) is 12.2 Å². The van der Waals surface area contributed by atoms with Gasteiger partial charge in [0.1, 0.15) is 0 Å². The molecule has 1 fully saturated rings. The molecule has 0 radical (unpaired) electrons. The van der Waals surface area contributed by atoms with E-state index in [-0.39, 0.29) is 0 Å². The first-order valence-electron chi connectivity index (χ1n) is 4.80. The van der Waals surface area contributed by atoms with Crippen LogP contribution in [-0.4, -0.2) is 19.1 Å². The highest BCUT2D eigenvalue weighted by Gasteiger charge is 2.17. The summed E-state index contributed by atoms with van der Waals surface area (Å²) in [6, 6.07) is 0.711. The third kappa shape index (κ3) is 2.80. The van der Waals surface area contributed by atoms with Crippen LogP contribution < -0.4 is 11.1 Å². The molecule has 66 valence electrons. The Kier molecular flexibility index (Phi) is 3.87. The number of hydrogen-bond donors (Lipinski definition) is 2. The van der Waals surface area contributed by atoms with Gasteiger partial charge in [0, 0.05) is 6.04 Å². The molecule has 0 aromatic rings. The molecule has 2 unspecified atom stereocenters. The molecule has 11 heavy (non-hydrogen) atoms. The lowest BCUT2D eigenvalue weighted by Gasteiger charge is -2.28. The van der Waals surface area contributed by atoms with Crippen LogP contribution in [0.5, 0.6) is 0 Å². The summed E-state index contributed by atoms with van der Waals surface area (Å²) in [5.74, 6) is 0.920. The minimum Gasteiger partial charge on any atom is -0.330 e. The lowest BCUT2D eigenvalue weighted by atomic mass is 9.91. The van der Waals surface area contributed by atoms with Crippen LogP contribution in [0.15, 0.2) is 0 Å². The molecular weight excluding hydrogens is 136 g/mol. The van der Waals surface area contributed by atoms with Gasteiger partial charge < -0.3 is 11.1 Å². The van der Waals surface area contributed by atoms with Gasteiger partial charge in [-0.1, -0.05) is 13.3 Å². The molecule has 2 atom stereocenters. The van der Waals surface area contributed by atoms with Crippen molar-refractivity contribution in [3.8, 4) is 0 Å². The number of piperidine rings is 1. The van der Waals surface area contributed by atoms with Crippen molar-refractivity contribution in [1.29, 1.82) is 0 Å². The van der Waals surface area contributed by atoms with Gasteiger partial charge in [0.05, 0.1) is 0 Å². The standard InChI is InChI=1S/C9H20N2/c1-2-8-3-4-9(5-6-10)11-7-8/h8-9,11H,2-7,10H2,1H3. The summed E-state index contributed by atoms with van der Waals surface area (Å²) >= 11 is 0.